The van der Waals surface area contributed by atoms with E-state index in [0.29, 0.717) is 11.5 Å². The minimum absolute atomic E-state index is 0.277. The second-order valence-corrected chi connectivity index (χ2v) is 7.43. The van der Waals surface area contributed by atoms with E-state index in [4.69, 9.17) is 5.26 Å². The Bertz CT molecular complexity index is 879. The number of hydrogen-bond donors (Lipinski definition) is 1. The van der Waals surface area contributed by atoms with Crippen LogP contribution in [0, 0.1) is 29.1 Å². The van der Waals surface area contributed by atoms with Crippen molar-refractivity contribution >= 4 is 11.8 Å². The van der Waals surface area contributed by atoms with Crippen molar-refractivity contribution in [2.24, 2.45) is 5.92 Å². The maximum Gasteiger partial charge on any atom is 0.268 e. The number of carbonyl (C=O) groups is 2. The number of likely N-dealkylation sites (tertiary alicyclic amines) is 1. The maximum absolute atomic E-state index is 13.5. The van der Waals surface area contributed by atoms with Crippen LogP contribution in [0.5, 0.6) is 0 Å². The number of alkyl halides is 2. The summed E-state index contributed by atoms with van der Waals surface area (Å²) in [5.41, 5.74) is 0.741. The van der Waals surface area contributed by atoms with Crippen LogP contribution < -0.4 is 5.32 Å². The third-order valence-corrected chi connectivity index (χ3v) is 5.22. The Balaban J connectivity index is 1.63. The molecule has 1 saturated heterocycles. The Morgan fingerprint density at radius 1 is 1.31 bits per heavy atom. The van der Waals surface area contributed by atoms with Gasteiger partial charge in [0.2, 0.25) is 5.91 Å². The molecule has 1 aliphatic carbocycles. The summed E-state index contributed by atoms with van der Waals surface area (Å²) in [4.78, 5) is 29.6. The van der Waals surface area contributed by atoms with Gasteiger partial charge in [0.25, 0.3) is 11.8 Å². The van der Waals surface area contributed by atoms with Gasteiger partial charge in [-0.15, -0.1) is 0 Å². The molecule has 1 aromatic rings. The van der Waals surface area contributed by atoms with Crippen molar-refractivity contribution < 1.29 is 18.4 Å². The van der Waals surface area contributed by atoms with Gasteiger partial charge in [0.1, 0.15) is 6.04 Å². The van der Waals surface area contributed by atoms with Crippen molar-refractivity contribution in [1.82, 2.24) is 15.2 Å². The zero-order valence-corrected chi connectivity index (χ0v) is 16.0. The molecule has 1 aliphatic heterocycles. The summed E-state index contributed by atoms with van der Waals surface area (Å²) in [6.45, 7) is -1.28. The second kappa shape index (κ2) is 9.00. The molecule has 8 heteroatoms. The third kappa shape index (κ3) is 5.29. The third-order valence-electron chi connectivity index (χ3n) is 5.22. The summed E-state index contributed by atoms with van der Waals surface area (Å²) in [6.07, 6.45) is 7.89. The van der Waals surface area contributed by atoms with E-state index in [1.807, 2.05) is 0 Å². The SMILES string of the molecule is N#CC1CC(F)(F)CN1C(=O)CNC(=O)c1ccncc1C#CC1CCCCC1. The molecule has 1 atom stereocenters. The van der Waals surface area contributed by atoms with E-state index in [-0.39, 0.29) is 5.56 Å². The molecule has 2 fully saturated rings. The summed E-state index contributed by atoms with van der Waals surface area (Å²) in [7, 11) is 0. The van der Waals surface area contributed by atoms with Crippen molar-refractivity contribution in [3.63, 3.8) is 0 Å². The zero-order chi connectivity index (χ0) is 20.9. The Labute approximate surface area is 168 Å². The Morgan fingerprint density at radius 2 is 2.07 bits per heavy atom. The molecule has 2 aliphatic rings. The van der Waals surface area contributed by atoms with Gasteiger partial charge in [-0.05, 0) is 18.9 Å². The molecule has 2 amide bonds. The largest absolute Gasteiger partial charge is 0.343 e. The highest BCUT2D eigenvalue weighted by Crippen LogP contribution is 2.31. The van der Waals surface area contributed by atoms with Crippen molar-refractivity contribution in [3.05, 3.63) is 29.6 Å². The van der Waals surface area contributed by atoms with Gasteiger partial charge in [0.05, 0.1) is 30.3 Å². The maximum atomic E-state index is 13.5. The van der Waals surface area contributed by atoms with Gasteiger partial charge in [-0.1, -0.05) is 31.1 Å². The fourth-order valence-corrected chi connectivity index (χ4v) is 3.67. The van der Waals surface area contributed by atoms with E-state index in [9.17, 15) is 18.4 Å². The number of amides is 2. The lowest BCUT2D eigenvalue weighted by Crippen LogP contribution is -2.43. The van der Waals surface area contributed by atoms with Crippen LogP contribution in [0.3, 0.4) is 0 Å². The standard InChI is InChI=1S/C21H22F2N4O2/c22-21(23)10-17(11-24)27(14-21)19(28)13-26-20(29)18-8-9-25-12-16(18)7-6-15-4-2-1-3-5-15/h8-9,12,15,17H,1-5,10,13-14H2,(H,26,29). The lowest BCUT2D eigenvalue weighted by Gasteiger charge is -2.19. The molecule has 3 rings (SSSR count). The number of halogens is 2. The first-order valence-corrected chi connectivity index (χ1v) is 9.70. The van der Waals surface area contributed by atoms with Crippen LogP contribution in [0.25, 0.3) is 0 Å². The predicted molar refractivity (Wildman–Crippen MR) is 101 cm³/mol. The van der Waals surface area contributed by atoms with Gasteiger partial charge in [0.15, 0.2) is 0 Å². The van der Waals surface area contributed by atoms with Gasteiger partial charge in [0, 0.05) is 24.7 Å². The normalized spacial score (nSPS) is 21.0. The highest BCUT2D eigenvalue weighted by molar-refractivity contribution is 5.98. The van der Waals surface area contributed by atoms with Crippen molar-refractivity contribution in [2.45, 2.75) is 50.5 Å². The molecule has 1 aromatic heterocycles. The van der Waals surface area contributed by atoms with Crippen LogP contribution in [0.4, 0.5) is 8.78 Å². The average Bonchev–Trinajstić information content (AvgIpc) is 3.06. The van der Waals surface area contributed by atoms with E-state index in [1.54, 1.807) is 6.07 Å². The van der Waals surface area contributed by atoms with E-state index in [1.165, 1.54) is 24.9 Å². The minimum atomic E-state index is -3.09. The van der Waals surface area contributed by atoms with Crippen LogP contribution >= 0.6 is 0 Å². The Kier molecular flexibility index (Phi) is 6.43. The van der Waals surface area contributed by atoms with E-state index < -0.39 is 43.3 Å². The second-order valence-electron chi connectivity index (χ2n) is 7.43. The number of hydrogen-bond acceptors (Lipinski definition) is 4. The van der Waals surface area contributed by atoms with Crippen LogP contribution in [0.15, 0.2) is 18.5 Å². The minimum Gasteiger partial charge on any atom is -0.343 e. The topological polar surface area (TPSA) is 86.1 Å². The number of nitriles is 1. The Morgan fingerprint density at radius 3 is 2.79 bits per heavy atom. The number of carbonyl (C=O) groups excluding carboxylic acids is 2. The van der Waals surface area contributed by atoms with Gasteiger partial charge in [-0.3, -0.25) is 14.6 Å². The molecule has 0 radical (unpaired) electrons. The summed E-state index contributed by atoms with van der Waals surface area (Å²) < 4.78 is 27.0. The first-order valence-electron chi connectivity index (χ1n) is 9.70. The van der Waals surface area contributed by atoms with Crippen LogP contribution in [-0.4, -0.2) is 46.8 Å². The lowest BCUT2D eigenvalue weighted by molar-refractivity contribution is -0.131. The smallest absolute Gasteiger partial charge is 0.268 e. The molecular weight excluding hydrogens is 378 g/mol. The van der Waals surface area contributed by atoms with Gasteiger partial charge in [-0.25, -0.2) is 8.78 Å². The van der Waals surface area contributed by atoms with E-state index in [2.05, 4.69) is 22.1 Å². The number of rotatable bonds is 3. The fourth-order valence-electron chi connectivity index (χ4n) is 3.67. The van der Waals surface area contributed by atoms with E-state index in [0.717, 1.165) is 30.6 Å². The summed E-state index contributed by atoms with van der Waals surface area (Å²) in [5.74, 6) is 2.19. The Hall–Kier alpha value is -3.00. The van der Waals surface area contributed by atoms with Crippen molar-refractivity contribution in [3.8, 4) is 17.9 Å². The highest BCUT2D eigenvalue weighted by Gasteiger charge is 2.47. The average molecular weight is 400 g/mol. The molecule has 29 heavy (non-hydrogen) atoms. The molecule has 6 nitrogen and oxygen atoms in total. The van der Waals surface area contributed by atoms with E-state index >= 15 is 0 Å². The number of aromatic nitrogens is 1. The van der Waals surface area contributed by atoms with Crippen molar-refractivity contribution in [1.29, 1.82) is 5.26 Å². The van der Waals surface area contributed by atoms with Crippen LogP contribution in [0.1, 0.15) is 54.4 Å². The number of nitrogens with one attached hydrogen (secondary N) is 1. The lowest BCUT2D eigenvalue weighted by atomic mass is 9.89. The molecule has 1 N–H and O–H groups in total. The van der Waals surface area contributed by atoms with Gasteiger partial charge in [-0.2, -0.15) is 5.26 Å². The summed E-state index contributed by atoms with van der Waals surface area (Å²) in [5, 5.41) is 11.4. The quantitative estimate of drug-likeness (QED) is 0.790. The van der Waals surface area contributed by atoms with Gasteiger partial charge < -0.3 is 10.2 Å². The monoisotopic (exact) mass is 400 g/mol. The molecule has 0 spiro atoms. The first-order chi connectivity index (χ1) is 13.9. The predicted octanol–water partition coefficient (Wildman–Crippen LogP) is 2.50. The van der Waals surface area contributed by atoms with Crippen molar-refractivity contribution in [2.75, 3.05) is 13.1 Å². The fraction of sp³-hybridized carbons (Fsp3) is 0.524. The first kappa shape index (κ1) is 20.7. The number of nitrogens with zero attached hydrogens (tertiary/aromatic N) is 3. The van der Waals surface area contributed by atoms with Crippen LogP contribution in [-0.2, 0) is 4.79 Å². The van der Waals surface area contributed by atoms with Crippen LogP contribution in [0.2, 0.25) is 0 Å². The molecule has 2 heterocycles. The zero-order valence-electron chi connectivity index (χ0n) is 16.0. The number of pyridine rings is 1. The molecule has 152 valence electrons. The van der Waals surface area contributed by atoms with Gasteiger partial charge >= 0.3 is 0 Å². The molecule has 0 aromatic carbocycles. The highest BCUT2D eigenvalue weighted by atomic mass is 19.3. The molecular formula is C21H22F2N4O2. The summed E-state index contributed by atoms with van der Waals surface area (Å²) >= 11 is 0. The molecule has 1 unspecified atom stereocenters. The molecule has 0 bridgehead atoms. The summed E-state index contributed by atoms with van der Waals surface area (Å²) in [6, 6.07) is 2.03. The molecule has 1 saturated carbocycles.